The van der Waals surface area contributed by atoms with Crippen molar-refractivity contribution in [2.24, 2.45) is 0 Å². The van der Waals surface area contributed by atoms with E-state index in [-0.39, 0.29) is 30.4 Å². The number of amides is 2. The van der Waals surface area contributed by atoms with Crippen LogP contribution in [0.2, 0.25) is 0 Å². The van der Waals surface area contributed by atoms with Gasteiger partial charge in [0.2, 0.25) is 0 Å². The van der Waals surface area contributed by atoms with E-state index >= 15 is 0 Å². The van der Waals surface area contributed by atoms with Crippen molar-refractivity contribution >= 4 is 23.8 Å². The Hall–Kier alpha value is -4.22. The van der Waals surface area contributed by atoms with Gasteiger partial charge in [0.05, 0.1) is 24.4 Å². The van der Waals surface area contributed by atoms with Crippen molar-refractivity contribution in [3.63, 3.8) is 0 Å². The van der Waals surface area contributed by atoms with Gasteiger partial charge < -0.3 is 30.3 Å². The van der Waals surface area contributed by atoms with Gasteiger partial charge in [-0.05, 0) is 52.9 Å². The average molecular weight is 614 g/mol. The van der Waals surface area contributed by atoms with E-state index in [9.17, 15) is 19.8 Å². The van der Waals surface area contributed by atoms with Crippen LogP contribution in [-0.2, 0) is 22.6 Å². The monoisotopic (exact) mass is 613 g/mol. The first-order chi connectivity index (χ1) is 21.4. The maximum atomic E-state index is 11.8. The molecule has 1 aliphatic rings. The van der Waals surface area contributed by atoms with Gasteiger partial charge in [0, 0.05) is 37.0 Å². The van der Waals surface area contributed by atoms with Crippen LogP contribution in [0.3, 0.4) is 0 Å². The number of aromatic carboxylic acids is 1. The molecule has 0 bridgehead atoms. The van der Waals surface area contributed by atoms with Crippen molar-refractivity contribution in [3.05, 3.63) is 119 Å². The van der Waals surface area contributed by atoms with Crippen molar-refractivity contribution in [2.45, 2.75) is 50.0 Å². The van der Waals surface area contributed by atoms with Crippen LogP contribution in [0.25, 0.3) is 11.1 Å². The van der Waals surface area contributed by atoms with Crippen LogP contribution in [-0.4, -0.2) is 45.6 Å². The summed E-state index contributed by atoms with van der Waals surface area (Å²) in [5, 5.41) is 25.1. The molecule has 1 fully saturated rings. The summed E-state index contributed by atoms with van der Waals surface area (Å²) < 4.78 is 12.9. The van der Waals surface area contributed by atoms with E-state index in [4.69, 9.17) is 9.47 Å². The highest BCUT2D eigenvalue weighted by molar-refractivity contribution is 7.99. The molecule has 0 spiro atoms. The Morgan fingerprint density at radius 1 is 0.909 bits per heavy atom. The zero-order valence-electron chi connectivity index (χ0n) is 24.3. The van der Waals surface area contributed by atoms with E-state index in [1.165, 1.54) is 11.8 Å². The lowest BCUT2D eigenvalue weighted by molar-refractivity contribution is -0.245. The predicted octanol–water partition coefficient (Wildman–Crippen LogP) is 6.10. The summed E-state index contributed by atoms with van der Waals surface area (Å²) in [6, 6.07) is 26.7. The second kappa shape index (κ2) is 15.0. The van der Waals surface area contributed by atoms with Crippen molar-refractivity contribution < 1.29 is 29.3 Å². The number of aliphatic hydroxyl groups excluding tert-OH is 1. The van der Waals surface area contributed by atoms with Crippen molar-refractivity contribution in [1.29, 1.82) is 0 Å². The van der Waals surface area contributed by atoms with Gasteiger partial charge in [-0.25, -0.2) is 14.6 Å². The van der Waals surface area contributed by atoms with Gasteiger partial charge in [-0.3, -0.25) is 0 Å². The molecule has 2 amide bonds. The number of aromatic nitrogens is 1. The largest absolute Gasteiger partial charge is 0.478 e. The molecule has 9 nitrogen and oxygen atoms in total. The van der Waals surface area contributed by atoms with E-state index in [1.807, 2.05) is 73.7 Å². The molecule has 3 aromatic carbocycles. The smallest absolute Gasteiger partial charge is 0.338 e. The lowest BCUT2D eigenvalue weighted by Gasteiger charge is -2.36. The number of benzene rings is 3. The number of carbonyl (C=O) groups excluding carboxylic acids is 1. The predicted molar refractivity (Wildman–Crippen MR) is 168 cm³/mol. The maximum absolute atomic E-state index is 11.8. The molecule has 1 aliphatic heterocycles. The molecule has 1 aromatic heterocycles. The fourth-order valence-corrected chi connectivity index (χ4v) is 5.97. The zero-order valence-corrected chi connectivity index (χ0v) is 25.1. The summed E-state index contributed by atoms with van der Waals surface area (Å²) in [5.74, 6) is -0.519. The number of carbonyl (C=O) groups is 2. The van der Waals surface area contributed by atoms with Crippen LogP contribution in [0.15, 0.2) is 96.2 Å². The summed E-state index contributed by atoms with van der Waals surface area (Å²) in [7, 11) is 0. The summed E-state index contributed by atoms with van der Waals surface area (Å²) >= 11 is 1.36. The van der Waals surface area contributed by atoms with E-state index in [0.717, 1.165) is 33.4 Å². The minimum absolute atomic E-state index is 0.0350. The van der Waals surface area contributed by atoms with Crippen molar-refractivity contribution in [3.8, 4) is 11.1 Å². The summed E-state index contributed by atoms with van der Waals surface area (Å²) in [6.45, 7) is 2.83. The molecule has 4 aromatic rings. The Bertz CT molecular complexity index is 1560. The number of nitrogens with one attached hydrogen (secondary N) is 2. The van der Waals surface area contributed by atoms with Gasteiger partial charge in [-0.2, -0.15) is 0 Å². The van der Waals surface area contributed by atoms with E-state index < -0.39 is 12.3 Å². The molecular formula is C34H35N3O6S. The Kier molecular flexibility index (Phi) is 10.6. The van der Waals surface area contributed by atoms with Gasteiger partial charge in [0.15, 0.2) is 6.29 Å². The molecule has 5 rings (SSSR count). The SMILES string of the molecule is CCNC(=O)NCc1cccc(-c2ccc(C3OC(CSc4ncccc4C(=O)O)CC(c4ccc(CO)cc4)O3)cc2)c1. The number of urea groups is 1. The number of ether oxygens (including phenoxy) is 2. The molecular weight excluding hydrogens is 578 g/mol. The molecule has 2 heterocycles. The Morgan fingerprint density at radius 2 is 1.68 bits per heavy atom. The highest BCUT2D eigenvalue weighted by Crippen LogP contribution is 2.40. The van der Waals surface area contributed by atoms with Crippen LogP contribution < -0.4 is 10.6 Å². The first-order valence-corrected chi connectivity index (χ1v) is 15.4. The number of carboxylic acids is 1. The van der Waals surface area contributed by atoms with Gasteiger partial charge in [0.1, 0.15) is 5.03 Å². The standard InChI is InChI=1S/C34H35N3O6S/c1-2-35-34(41)37-19-23-5-3-6-27(17-23)24-12-14-26(15-13-24)33-42-28(21-44-31-29(32(39)40)7-4-16-36-31)18-30(43-33)25-10-8-22(20-38)9-11-25/h3-17,28,30,33,38H,2,18-21H2,1H3,(H,39,40)(H2,35,37,41). The molecule has 4 N–H and O–H groups in total. The molecule has 0 radical (unpaired) electrons. The molecule has 0 saturated carbocycles. The number of pyridine rings is 1. The topological polar surface area (TPSA) is 130 Å². The minimum Gasteiger partial charge on any atom is -0.478 e. The molecule has 228 valence electrons. The van der Waals surface area contributed by atoms with Crippen LogP contribution in [0.4, 0.5) is 4.79 Å². The quantitative estimate of drug-likeness (QED) is 0.150. The second-order valence-electron chi connectivity index (χ2n) is 10.4. The van der Waals surface area contributed by atoms with Gasteiger partial charge in [0.25, 0.3) is 0 Å². The lowest BCUT2D eigenvalue weighted by atomic mass is 9.99. The number of carboxylic acid groups (broad SMARTS) is 1. The third-order valence-corrected chi connectivity index (χ3v) is 8.39. The van der Waals surface area contributed by atoms with Gasteiger partial charge in [-0.15, -0.1) is 11.8 Å². The number of aliphatic hydroxyl groups is 1. The number of thioether (sulfide) groups is 1. The van der Waals surface area contributed by atoms with Crippen LogP contribution >= 0.6 is 11.8 Å². The molecule has 0 aliphatic carbocycles. The number of rotatable bonds is 11. The molecule has 3 unspecified atom stereocenters. The highest BCUT2D eigenvalue weighted by atomic mass is 32.2. The summed E-state index contributed by atoms with van der Waals surface area (Å²) in [6.07, 6.45) is 1.03. The molecule has 3 atom stereocenters. The fraction of sp³-hybridized carbons (Fsp3) is 0.265. The van der Waals surface area contributed by atoms with E-state index in [0.29, 0.717) is 30.3 Å². The molecule has 44 heavy (non-hydrogen) atoms. The maximum Gasteiger partial charge on any atom is 0.338 e. The fourth-order valence-electron chi connectivity index (χ4n) is 4.96. The Morgan fingerprint density at radius 3 is 2.41 bits per heavy atom. The van der Waals surface area contributed by atoms with Crippen molar-refractivity contribution in [2.75, 3.05) is 12.3 Å². The second-order valence-corrected chi connectivity index (χ2v) is 11.4. The normalized spacial score (nSPS) is 18.0. The Labute approximate surface area is 260 Å². The van der Waals surface area contributed by atoms with Crippen molar-refractivity contribution in [1.82, 2.24) is 15.6 Å². The molecule has 10 heteroatoms. The van der Waals surface area contributed by atoms with Gasteiger partial charge in [-0.1, -0.05) is 66.7 Å². The first kappa shape index (κ1) is 31.2. The number of nitrogens with zero attached hydrogens (tertiary/aromatic N) is 1. The Balaban J connectivity index is 1.33. The van der Waals surface area contributed by atoms with E-state index in [2.05, 4.69) is 21.7 Å². The zero-order chi connectivity index (χ0) is 30.9. The lowest BCUT2D eigenvalue weighted by Crippen LogP contribution is -2.34. The highest BCUT2D eigenvalue weighted by Gasteiger charge is 2.32. The molecule has 1 saturated heterocycles. The number of hydrogen-bond acceptors (Lipinski definition) is 7. The van der Waals surface area contributed by atoms with Crippen LogP contribution in [0.5, 0.6) is 0 Å². The third kappa shape index (κ3) is 8.03. The first-order valence-electron chi connectivity index (χ1n) is 14.5. The number of hydrogen-bond donors (Lipinski definition) is 4. The van der Waals surface area contributed by atoms with Crippen LogP contribution in [0.1, 0.15) is 58.4 Å². The third-order valence-electron chi connectivity index (χ3n) is 7.26. The average Bonchev–Trinajstić information content (AvgIpc) is 3.07. The summed E-state index contributed by atoms with van der Waals surface area (Å²) in [4.78, 5) is 27.8. The van der Waals surface area contributed by atoms with Gasteiger partial charge >= 0.3 is 12.0 Å². The summed E-state index contributed by atoms with van der Waals surface area (Å²) in [5.41, 5.74) is 5.85. The minimum atomic E-state index is -1.02. The van der Waals surface area contributed by atoms with Crippen LogP contribution in [0, 0.1) is 0 Å². The van der Waals surface area contributed by atoms with E-state index in [1.54, 1.807) is 18.3 Å².